The van der Waals surface area contributed by atoms with Crippen LogP contribution < -0.4 is 4.74 Å². The highest BCUT2D eigenvalue weighted by atomic mass is 16.5. The minimum absolute atomic E-state index is 0.0914. The van der Waals surface area contributed by atoms with E-state index in [2.05, 4.69) is 0 Å². The van der Waals surface area contributed by atoms with Crippen LogP contribution in [-0.2, 0) is 16.1 Å². The van der Waals surface area contributed by atoms with E-state index in [4.69, 9.17) is 9.47 Å². The normalized spacial score (nSPS) is 11.8. The van der Waals surface area contributed by atoms with Gasteiger partial charge >= 0.3 is 5.97 Å². The van der Waals surface area contributed by atoms with Gasteiger partial charge in [-0.25, -0.2) is 0 Å². The molecule has 0 amide bonds. The second kappa shape index (κ2) is 8.07. The summed E-state index contributed by atoms with van der Waals surface area (Å²) in [5, 5.41) is 9.19. The number of carboxylic acids is 1. The fraction of sp³-hybridized carbons (Fsp3) is 0.235. The largest absolute Gasteiger partial charge is 0.493 e. The number of benzene rings is 2. The molecule has 2 rings (SSSR count). The van der Waals surface area contributed by atoms with Crippen molar-refractivity contribution in [3.05, 3.63) is 66.2 Å². The molecule has 0 spiro atoms. The van der Waals surface area contributed by atoms with Gasteiger partial charge in [-0.2, -0.15) is 0 Å². The van der Waals surface area contributed by atoms with Crippen LogP contribution in [0.2, 0.25) is 0 Å². The molecule has 4 heteroatoms. The number of para-hydroxylation sites is 1. The summed E-state index contributed by atoms with van der Waals surface area (Å²) in [7, 11) is 0. The molecule has 0 saturated heterocycles. The third-order valence-corrected chi connectivity index (χ3v) is 2.97. The molecule has 110 valence electrons. The lowest BCUT2D eigenvalue weighted by Crippen LogP contribution is -2.26. The van der Waals surface area contributed by atoms with Crippen LogP contribution in [0.25, 0.3) is 0 Å². The molecule has 0 aromatic heterocycles. The van der Waals surface area contributed by atoms with Gasteiger partial charge in [0.15, 0.2) is 0 Å². The Morgan fingerprint density at radius 1 is 0.952 bits per heavy atom. The number of carbonyl (C=O) groups is 1. The molecule has 0 bridgehead atoms. The first-order valence-corrected chi connectivity index (χ1v) is 6.78. The van der Waals surface area contributed by atoms with Gasteiger partial charge in [-0.3, -0.25) is 4.79 Å². The molecule has 21 heavy (non-hydrogen) atoms. The Morgan fingerprint density at radius 3 is 2.19 bits per heavy atom. The third-order valence-electron chi connectivity index (χ3n) is 2.97. The summed E-state index contributed by atoms with van der Waals surface area (Å²) in [6.45, 7) is 0.612. The Hall–Kier alpha value is -2.33. The van der Waals surface area contributed by atoms with Crippen LogP contribution in [0.5, 0.6) is 5.75 Å². The first-order valence-electron chi connectivity index (χ1n) is 6.78. The molecule has 1 N–H and O–H groups in total. The molecule has 0 saturated carbocycles. The van der Waals surface area contributed by atoms with E-state index in [1.165, 1.54) is 0 Å². The molecule has 0 fully saturated rings. The van der Waals surface area contributed by atoms with Crippen LogP contribution in [0.15, 0.2) is 60.7 Å². The van der Waals surface area contributed by atoms with Crippen molar-refractivity contribution in [3.63, 3.8) is 0 Å². The van der Waals surface area contributed by atoms with E-state index in [0.717, 1.165) is 5.56 Å². The van der Waals surface area contributed by atoms with Crippen LogP contribution in [0, 0.1) is 5.92 Å². The lowest BCUT2D eigenvalue weighted by atomic mass is 10.2. The number of hydrogen-bond acceptors (Lipinski definition) is 3. The topological polar surface area (TPSA) is 55.8 Å². The fourth-order valence-electron chi connectivity index (χ4n) is 1.80. The summed E-state index contributed by atoms with van der Waals surface area (Å²) in [6, 6.07) is 18.8. The highest BCUT2D eigenvalue weighted by Crippen LogP contribution is 2.11. The zero-order chi connectivity index (χ0) is 14.9. The maximum absolute atomic E-state index is 11.2. The monoisotopic (exact) mass is 286 g/mol. The molecular formula is C17H18O4. The molecule has 1 atom stereocenters. The van der Waals surface area contributed by atoms with Crippen LogP contribution >= 0.6 is 0 Å². The van der Waals surface area contributed by atoms with Gasteiger partial charge in [0.2, 0.25) is 0 Å². The molecule has 2 aromatic carbocycles. The molecule has 0 heterocycles. The summed E-state index contributed by atoms with van der Waals surface area (Å²) in [5.41, 5.74) is 1.02. The smallest absolute Gasteiger partial charge is 0.312 e. The summed E-state index contributed by atoms with van der Waals surface area (Å²) < 4.78 is 10.9. The first kappa shape index (κ1) is 15.1. The Labute approximate surface area is 123 Å². The number of rotatable bonds is 8. The molecule has 1 unspecified atom stereocenters. The number of carboxylic acid groups (broad SMARTS) is 1. The van der Waals surface area contributed by atoms with E-state index in [1.54, 1.807) is 12.1 Å². The number of ether oxygens (including phenoxy) is 2. The molecule has 0 aliphatic carbocycles. The van der Waals surface area contributed by atoms with Crippen molar-refractivity contribution >= 4 is 5.97 Å². The fourth-order valence-corrected chi connectivity index (χ4v) is 1.80. The van der Waals surface area contributed by atoms with Crippen molar-refractivity contribution in [2.45, 2.75) is 6.61 Å². The maximum atomic E-state index is 11.2. The van der Waals surface area contributed by atoms with Crippen molar-refractivity contribution in [2.75, 3.05) is 13.2 Å². The maximum Gasteiger partial charge on any atom is 0.312 e. The molecule has 0 aliphatic heterocycles. The molecule has 2 aromatic rings. The number of aliphatic carboxylic acids is 1. The Kier molecular flexibility index (Phi) is 5.79. The summed E-state index contributed by atoms with van der Waals surface area (Å²) in [6.07, 6.45) is 0. The van der Waals surface area contributed by atoms with Gasteiger partial charge in [0.25, 0.3) is 0 Å². The van der Waals surface area contributed by atoms with Gasteiger partial charge < -0.3 is 14.6 Å². The zero-order valence-corrected chi connectivity index (χ0v) is 11.6. The van der Waals surface area contributed by atoms with E-state index >= 15 is 0 Å². The van der Waals surface area contributed by atoms with Crippen molar-refractivity contribution < 1.29 is 19.4 Å². The minimum atomic E-state index is -0.918. The van der Waals surface area contributed by atoms with E-state index in [9.17, 15) is 9.90 Å². The van der Waals surface area contributed by atoms with Crippen LogP contribution in [0.4, 0.5) is 0 Å². The van der Waals surface area contributed by atoms with Crippen LogP contribution in [-0.4, -0.2) is 24.3 Å². The van der Waals surface area contributed by atoms with Gasteiger partial charge in [0, 0.05) is 0 Å². The van der Waals surface area contributed by atoms with Gasteiger partial charge in [0.1, 0.15) is 18.3 Å². The van der Waals surface area contributed by atoms with Crippen molar-refractivity contribution in [1.29, 1.82) is 0 Å². The lowest BCUT2D eigenvalue weighted by Gasteiger charge is -2.14. The third kappa shape index (κ3) is 5.28. The molecule has 4 nitrogen and oxygen atoms in total. The predicted molar refractivity (Wildman–Crippen MR) is 79.2 cm³/mol. The second-order valence-electron chi connectivity index (χ2n) is 4.66. The standard InChI is InChI=1S/C17H18O4/c18-17(19)15(13-21-16-9-5-2-6-10-16)12-20-11-14-7-3-1-4-8-14/h1-10,15H,11-13H2,(H,18,19). The van der Waals surface area contributed by atoms with E-state index in [0.29, 0.717) is 12.4 Å². The highest BCUT2D eigenvalue weighted by molar-refractivity contribution is 5.70. The molecule has 0 aliphatic rings. The predicted octanol–water partition coefficient (Wildman–Crippen LogP) is 2.98. The zero-order valence-electron chi connectivity index (χ0n) is 11.6. The average Bonchev–Trinajstić information content (AvgIpc) is 2.52. The van der Waals surface area contributed by atoms with Crippen molar-refractivity contribution in [2.24, 2.45) is 5.92 Å². The molecule has 0 radical (unpaired) electrons. The minimum Gasteiger partial charge on any atom is -0.493 e. The SMILES string of the molecule is O=C(O)C(COCc1ccccc1)COc1ccccc1. The second-order valence-corrected chi connectivity index (χ2v) is 4.66. The quantitative estimate of drug-likeness (QED) is 0.810. The van der Waals surface area contributed by atoms with Crippen LogP contribution in [0.3, 0.4) is 0 Å². The van der Waals surface area contributed by atoms with E-state index in [1.807, 2.05) is 48.5 Å². The molecular weight excluding hydrogens is 268 g/mol. The van der Waals surface area contributed by atoms with E-state index < -0.39 is 11.9 Å². The van der Waals surface area contributed by atoms with Gasteiger partial charge in [-0.15, -0.1) is 0 Å². The highest BCUT2D eigenvalue weighted by Gasteiger charge is 2.18. The Morgan fingerprint density at radius 2 is 1.57 bits per heavy atom. The van der Waals surface area contributed by atoms with Crippen LogP contribution in [0.1, 0.15) is 5.56 Å². The summed E-state index contributed by atoms with van der Waals surface area (Å²) in [4.78, 5) is 11.2. The first-order chi connectivity index (χ1) is 10.3. The van der Waals surface area contributed by atoms with Gasteiger partial charge in [-0.05, 0) is 17.7 Å². The van der Waals surface area contributed by atoms with Crippen molar-refractivity contribution in [3.8, 4) is 5.75 Å². The number of hydrogen-bond donors (Lipinski definition) is 1. The summed E-state index contributed by atoms with van der Waals surface area (Å²) in [5.74, 6) is -0.945. The Bertz CT molecular complexity index is 539. The summed E-state index contributed by atoms with van der Waals surface area (Å²) >= 11 is 0. The van der Waals surface area contributed by atoms with Gasteiger partial charge in [0.05, 0.1) is 13.2 Å². The van der Waals surface area contributed by atoms with Gasteiger partial charge in [-0.1, -0.05) is 48.5 Å². The van der Waals surface area contributed by atoms with E-state index in [-0.39, 0.29) is 13.2 Å². The lowest BCUT2D eigenvalue weighted by molar-refractivity contribution is -0.145. The van der Waals surface area contributed by atoms with Crippen molar-refractivity contribution in [1.82, 2.24) is 0 Å². The average molecular weight is 286 g/mol. The Balaban J connectivity index is 1.78.